The van der Waals surface area contributed by atoms with E-state index in [0.29, 0.717) is 6.54 Å². The molecule has 1 unspecified atom stereocenters. The first-order valence-electron chi connectivity index (χ1n) is 5.98. The van der Waals surface area contributed by atoms with E-state index >= 15 is 0 Å². The van der Waals surface area contributed by atoms with Crippen LogP contribution in [0.3, 0.4) is 0 Å². The third-order valence-electron chi connectivity index (χ3n) is 2.58. The third kappa shape index (κ3) is 5.92. The average molecular weight is 229 g/mol. The predicted octanol–water partition coefficient (Wildman–Crippen LogP) is 0.416. The lowest BCUT2D eigenvalue weighted by Gasteiger charge is -2.22. The Bertz CT molecular complexity index is 203. The fourth-order valence-corrected chi connectivity index (χ4v) is 1.70. The van der Waals surface area contributed by atoms with Gasteiger partial charge in [0.05, 0.1) is 0 Å². The summed E-state index contributed by atoms with van der Waals surface area (Å²) in [7, 11) is 4.04. The lowest BCUT2D eigenvalue weighted by Crippen LogP contribution is -2.39. The van der Waals surface area contributed by atoms with Gasteiger partial charge in [-0.15, -0.1) is 0 Å². The normalized spacial score (nSPS) is 20.8. The molecule has 1 aliphatic rings. The molecule has 16 heavy (non-hydrogen) atoms. The Balaban J connectivity index is 2.01. The summed E-state index contributed by atoms with van der Waals surface area (Å²) < 4.78 is 5.27. The van der Waals surface area contributed by atoms with Crippen molar-refractivity contribution in [2.24, 2.45) is 0 Å². The van der Waals surface area contributed by atoms with Crippen LogP contribution in [0.15, 0.2) is 0 Å². The number of rotatable bonds is 5. The maximum absolute atomic E-state index is 11.4. The van der Waals surface area contributed by atoms with Gasteiger partial charge in [0, 0.05) is 13.1 Å². The fourth-order valence-electron chi connectivity index (χ4n) is 1.70. The number of piperidine rings is 1. The zero-order chi connectivity index (χ0) is 11.8. The maximum Gasteiger partial charge on any atom is 0.407 e. The second kappa shape index (κ2) is 7.46. The molecule has 0 aromatic rings. The number of amides is 1. The van der Waals surface area contributed by atoms with Crippen molar-refractivity contribution in [3.05, 3.63) is 0 Å². The topological polar surface area (TPSA) is 53.6 Å². The summed E-state index contributed by atoms with van der Waals surface area (Å²) in [5.41, 5.74) is 0. The summed E-state index contributed by atoms with van der Waals surface area (Å²) in [4.78, 5) is 13.5. The fraction of sp³-hybridized carbons (Fsp3) is 0.909. The van der Waals surface area contributed by atoms with Gasteiger partial charge in [-0.3, -0.25) is 0 Å². The summed E-state index contributed by atoms with van der Waals surface area (Å²) in [5, 5.41) is 5.98. The summed E-state index contributed by atoms with van der Waals surface area (Å²) in [5.74, 6) is 0. The van der Waals surface area contributed by atoms with Crippen molar-refractivity contribution in [3.8, 4) is 0 Å². The first-order valence-corrected chi connectivity index (χ1v) is 5.98. The minimum absolute atomic E-state index is 0.0441. The lowest BCUT2D eigenvalue weighted by molar-refractivity contribution is 0.0824. The van der Waals surface area contributed by atoms with E-state index < -0.39 is 0 Å². The summed E-state index contributed by atoms with van der Waals surface area (Å²) >= 11 is 0. The van der Waals surface area contributed by atoms with E-state index in [1.165, 1.54) is 0 Å². The molecule has 0 radical (unpaired) electrons. The smallest absolute Gasteiger partial charge is 0.407 e. The molecule has 5 heteroatoms. The zero-order valence-electron chi connectivity index (χ0n) is 10.3. The number of hydrogen-bond acceptors (Lipinski definition) is 4. The summed E-state index contributed by atoms with van der Waals surface area (Å²) in [6.45, 7) is 3.47. The highest BCUT2D eigenvalue weighted by atomic mass is 16.6. The van der Waals surface area contributed by atoms with E-state index in [1.54, 1.807) is 0 Å². The first-order chi connectivity index (χ1) is 7.68. The van der Waals surface area contributed by atoms with E-state index in [-0.39, 0.29) is 12.2 Å². The van der Waals surface area contributed by atoms with Crippen LogP contribution in [0.2, 0.25) is 0 Å². The molecule has 1 amide bonds. The van der Waals surface area contributed by atoms with Crippen LogP contribution in [-0.4, -0.2) is 57.4 Å². The van der Waals surface area contributed by atoms with Gasteiger partial charge in [-0.2, -0.15) is 0 Å². The van der Waals surface area contributed by atoms with E-state index in [1.807, 2.05) is 14.1 Å². The Hall–Kier alpha value is -0.810. The standard InChI is InChI=1S/C11H23N3O2/c1-14(2)8-4-7-13-11(15)16-10-5-3-6-12-9-10/h10,12H,3-9H2,1-2H3,(H,13,15). The molecule has 0 aliphatic carbocycles. The number of nitrogens with one attached hydrogen (secondary N) is 2. The highest BCUT2D eigenvalue weighted by Crippen LogP contribution is 2.05. The van der Waals surface area contributed by atoms with Gasteiger partial charge in [0.15, 0.2) is 0 Å². The molecule has 0 aromatic carbocycles. The predicted molar refractivity (Wildman–Crippen MR) is 63.5 cm³/mol. The number of nitrogens with zero attached hydrogens (tertiary/aromatic N) is 1. The Morgan fingerprint density at radius 2 is 2.38 bits per heavy atom. The SMILES string of the molecule is CN(C)CCCNC(=O)OC1CCCNC1. The Morgan fingerprint density at radius 1 is 1.56 bits per heavy atom. The van der Waals surface area contributed by atoms with Crippen LogP contribution < -0.4 is 10.6 Å². The molecule has 1 heterocycles. The molecule has 1 aliphatic heterocycles. The molecule has 1 saturated heterocycles. The quantitative estimate of drug-likeness (QED) is 0.671. The number of carbonyl (C=O) groups excluding carboxylic acids is 1. The van der Waals surface area contributed by atoms with Gasteiger partial charge < -0.3 is 20.3 Å². The van der Waals surface area contributed by atoms with Crippen LogP contribution in [0.5, 0.6) is 0 Å². The zero-order valence-corrected chi connectivity index (χ0v) is 10.3. The van der Waals surface area contributed by atoms with Crippen molar-refractivity contribution in [1.82, 2.24) is 15.5 Å². The monoisotopic (exact) mass is 229 g/mol. The van der Waals surface area contributed by atoms with E-state index in [2.05, 4.69) is 15.5 Å². The number of alkyl carbamates (subject to hydrolysis) is 1. The lowest BCUT2D eigenvalue weighted by atomic mass is 10.1. The first kappa shape index (κ1) is 13.3. The van der Waals surface area contributed by atoms with Gasteiger partial charge in [0.25, 0.3) is 0 Å². The number of hydrogen-bond donors (Lipinski definition) is 2. The molecule has 1 atom stereocenters. The Morgan fingerprint density at radius 3 is 3.00 bits per heavy atom. The summed E-state index contributed by atoms with van der Waals surface area (Å²) in [6.07, 6.45) is 2.76. The Kier molecular flexibility index (Phi) is 6.18. The summed E-state index contributed by atoms with van der Waals surface area (Å²) in [6, 6.07) is 0. The van der Waals surface area contributed by atoms with E-state index in [0.717, 1.165) is 38.9 Å². The highest BCUT2D eigenvalue weighted by molar-refractivity contribution is 5.67. The van der Waals surface area contributed by atoms with Crippen molar-refractivity contribution >= 4 is 6.09 Å². The molecule has 0 saturated carbocycles. The van der Waals surface area contributed by atoms with Crippen molar-refractivity contribution < 1.29 is 9.53 Å². The van der Waals surface area contributed by atoms with Crippen molar-refractivity contribution in [2.45, 2.75) is 25.4 Å². The van der Waals surface area contributed by atoms with Gasteiger partial charge in [0.1, 0.15) is 6.10 Å². The maximum atomic E-state index is 11.4. The van der Waals surface area contributed by atoms with Gasteiger partial charge in [-0.05, 0) is 46.4 Å². The van der Waals surface area contributed by atoms with Gasteiger partial charge >= 0.3 is 6.09 Å². The molecule has 0 aromatic heterocycles. The average Bonchev–Trinajstić information content (AvgIpc) is 2.25. The second-order valence-corrected chi connectivity index (χ2v) is 4.46. The van der Waals surface area contributed by atoms with Gasteiger partial charge in [-0.1, -0.05) is 0 Å². The van der Waals surface area contributed by atoms with Crippen LogP contribution in [0.4, 0.5) is 4.79 Å². The van der Waals surface area contributed by atoms with Crippen molar-refractivity contribution in [1.29, 1.82) is 0 Å². The van der Waals surface area contributed by atoms with Crippen LogP contribution in [0.1, 0.15) is 19.3 Å². The van der Waals surface area contributed by atoms with Crippen LogP contribution in [0.25, 0.3) is 0 Å². The van der Waals surface area contributed by atoms with Gasteiger partial charge in [0.2, 0.25) is 0 Å². The highest BCUT2D eigenvalue weighted by Gasteiger charge is 2.16. The molecule has 0 bridgehead atoms. The van der Waals surface area contributed by atoms with Crippen molar-refractivity contribution in [3.63, 3.8) is 0 Å². The molecule has 1 rings (SSSR count). The minimum atomic E-state index is -0.285. The number of carbonyl (C=O) groups is 1. The van der Waals surface area contributed by atoms with Crippen LogP contribution in [0, 0.1) is 0 Å². The Labute approximate surface area is 97.5 Å². The third-order valence-corrected chi connectivity index (χ3v) is 2.58. The largest absolute Gasteiger partial charge is 0.445 e. The van der Waals surface area contributed by atoms with Crippen LogP contribution in [-0.2, 0) is 4.74 Å². The molecule has 2 N–H and O–H groups in total. The van der Waals surface area contributed by atoms with E-state index in [9.17, 15) is 4.79 Å². The van der Waals surface area contributed by atoms with E-state index in [4.69, 9.17) is 4.74 Å². The second-order valence-electron chi connectivity index (χ2n) is 4.46. The molecule has 0 spiro atoms. The molecule has 94 valence electrons. The molecule has 1 fully saturated rings. The molecule has 5 nitrogen and oxygen atoms in total. The molecular weight excluding hydrogens is 206 g/mol. The van der Waals surface area contributed by atoms with Crippen molar-refractivity contribution in [2.75, 3.05) is 40.3 Å². The van der Waals surface area contributed by atoms with Crippen LogP contribution >= 0.6 is 0 Å². The van der Waals surface area contributed by atoms with Gasteiger partial charge in [-0.25, -0.2) is 4.79 Å². The molecular formula is C11H23N3O2. The minimum Gasteiger partial charge on any atom is -0.445 e. The number of ether oxygens (including phenoxy) is 1.